The molecule has 0 bridgehead atoms. The third kappa shape index (κ3) is 5.81. The van der Waals surface area contributed by atoms with Gasteiger partial charge >= 0.3 is 0 Å². The van der Waals surface area contributed by atoms with Crippen molar-refractivity contribution in [1.29, 1.82) is 0 Å². The average molecular weight is 805 g/mol. The lowest BCUT2D eigenvalue weighted by Crippen LogP contribution is -2.30. The molecule has 0 fully saturated rings. The van der Waals surface area contributed by atoms with Crippen LogP contribution < -0.4 is 4.90 Å². The summed E-state index contributed by atoms with van der Waals surface area (Å²) in [5.41, 5.74) is 17.6. The minimum atomic E-state index is 0.116. The largest absolute Gasteiger partial charge is 0.456 e. The molecule has 9 aromatic carbocycles. The molecule has 0 spiro atoms. The average Bonchev–Trinajstić information content (AvgIpc) is 4.02. The van der Waals surface area contributed by atoms with Crippen LogP contribution in [0.5, 0.6) is 0 Å². The number of aromatic nitrogens is 1. The van der Waals surface area contributed by atoms with Crippen LogP contribution in [-0.4, -0.2) is 10.4 Å². The van der Waals surface area contributed by atoms with Crippen LogP contribution in [0.3, 0.4) is 0 Å². The fraction of sp³-hybridized carbons (Fsp3) is 0.0333. The highest BCUT2D eigenvalue weighted by molar-refractivity contribution is 6.24. The van der Waals surface area contributed by atoms with E-state index in [1.165, 1.54) is 82.6 Å². The van der Waals surface area contributed by atoms with Gasteiger partial charge < -0.3 is 13.7 Å². The Morgan fingerprint density at radius 2 is 0.889 bits per heavy atom. The highest BCUT2D eigenvalue weighted by atomic mass is 16.3. The lowest BCUT2D eigenvalue weighted by Gasteiger charge is -2.33. The van der Waals surface area contributed by atoms with E-state index >= 15 is 0 Å². The van der Waals surface area contributed by atoms with Gasteiger partial charge in [-0.3, -0.25) is 0 Å². The van der Waals surface area contributed by atoms with E-state index < -0.39 is 0 Å². The van der Waals surface area contributed by atoms with Gasteiger partial charge in [-0.05, 0) is 118 Å². The molecule has 296 valence electrons. The first kappa shape index (κ1) is 35.6. The van der Waals surface area contributed by atoms with Crippen molar-refractivity contribution in [2.24, 2.45) is 0 Å². The smallest absolute Gasteiger partial charge is 0.136 e. The van der Waals surface area contributed by atoms with Crippen LogP contribution in [-0.2, 0) is 0 Å². The fourth-order valence-corrected chi connectivity index (χ4v) is 10.2. The maximum absolute atomic E-state index is 6.27. The molecule has 1 unspecified atom stereocenters. The molecule has 3 aromatic heterocycles. The first-order chi connectivity index (χ1) is 31.2. The minimum Gasteiger partial charge on any atom is -0.456 e. The van der Waals surface area contributed by atoms with Crippen LogP contribution in [0.1, 0.15) is 12.0 Å². The molecule has 3 heterocycles. The number of nitrogens with zero attached hydrogens (tertiary/aromatic N) is 2. The second-order valence-electron chi connectivity index (χ2n) is 16.8. The second-order valence-corrected chi connectivity index (χ2v) is 16.8. The van der Waals surface area contributed by atoms with E-state index in [1.807, 2.05) is 12.1 Å². The van der Waals surface area contributed by atoms with Gasteiger partial charge in [-0.1, -0.05) is 158 Å². The molecule has 0 saturated carbocycles. The highest BCUT2D eigenvalue weighted by Crippen LogP contribution is 2.43. The minimum absolute atomic E-state index is 0.116. The second kappa shape index (κ2) is 14.2. The van der Waals surface area contributed by atoms with Crippen molar-refractivity contribution in [3.05, 3.63) is 230 Å². The number of para-hydroxylation sites is 3. The molecular weight excluding hydrogens is 765 g/mol. The van der Waals surface area contributed by atoms with E-state index in [9.17, 15) is 0 Å². The first-order valence-electron chi connectivity index (χ1n) is 21.8. The Morgan fingerprint density at radius 3 is 1.49 bits per heavy atom. The van der Waals surface area contributed by atoms with Crippen molar-refractivity contribution in [1.82, 2.24) is 4.40 Å². The van der Waals surface area contributed by atoms with E-state index in [-0.39, 0.29) is 6.04 Å². The Bertz CT molecular complexity index is 3660. The molecule has 63 heavy (non-hydrogen) atoms. The molecule has 1 aliphatic carbocycles. The number of anilines is 2. The highest BCUT2D eigenvalue weighted by Gasteiger charge is 2.23. The monoisotopic (exact) mass is 804 g/mol. The van der Waals surface area contributed by atoms with Crippen LogP contribution >= 0.6 is 0 Å². The molecule has 0 aliphatic heterocycles. The Hall–Kier alpha value is -8.14. The lowest BCUT2D eigenvalue weighted by molar-refractivity contribution is 0.669. The summed E-state index contributed by atoms with van der Waals surface area (Å²) in [6.07, 6.45) is 7.89. The normalized spacial score (nSPS) is 14.2. The maximum Gasteiger partial charge on any atom is 0.136 e. The van der Waals surface area contributed by atoms with Crippen molar-refractivity contribution < 1.29 is 4.42 Å². The van der Waals surface area contributed by atoms with Crippen LogP contribution in [0, 0.1) is 0 Å². The maximum atomic E-state index is 6.27. The molecule has 12 aromatic rings. The molecular formula is C60H40N2O. The molecule has 1 aliphatic rings. The van der Waals surface area contributed by atoms with Crippen molar-refractivity contribution in [3.8, 4) is 33.4 Å². The fourth-order valence-electron chi connectivity index (χ4n) is 10.2. The molecule has 13 rings (SSSR count). The summed E-state index contributed by atoms with van der Waals surface area (Å²) < 4.78 is 8.72. The van der Waals surface area contributed by atoms with Crippen LogP contribution in [0.15, 0.2) is 229 Å². The van der Waals surface area contributed by atoms with E-state index in [0.717, 1.165) is 39.7 Å². The zero-order chi connectivity index (χ0) is 41.4. The predicted octanol–water partition coefficient (Wildman–Crippen LogP) is 16.3. The Balaban J connectivity index is 0.863. The van der Waals surface area contributed by atoms with Gasteiger partial charge in [-0.2, -0.15) is 0 Å². The molecule has 0 radical (unpaired) electrons. The Kier molecular flexibility index (Phi) is 8.04. The van der Waals surface area contributed by atoms with Gasteiger partial charge in [0.1, 0.15) is 11.2 Å². The van der Waals surface area contributed by atoms with E-state index in [1.54, 1.807) is 0 Å². The zero-order valence-electron chi connectivity index (χ0n) is 34.4. The van der Waals surface area contributed by atoms with Crippen LogP contribution in [0.25, 0.3) is 99.0 Å². The zero-order valence-corrected chi connectivity index (χ0v) is 34.4. The first-order valence-corrected chi connectivity index (χ1v) is 21.8. The van der Waals surface area contributed by atoms with Gasteiger partial charge in [-0.25, -0.2) is 0 Å². The van der Waals surface area contributed by atoms with E-state index in [4.69, 9.17) is 4.42 Å². The number of fused-ring (bicyclic) bond motifs is 9. The van der Waals surface area contributed by atoms with Crippen molar-refractivity contribution in [2.45, 2.75) is 12.5 Å². The summed E-state index contributed by atoms with van der Waals surface area (Å²) >= 11 is 0. The predicted molar refractivity (Wildman–Crippen MR) is 265 cm³/mol. The van der Waals surface area contributed by atoms with Crippen molar-refractivity contribution in [3.63, 3.8) is 0 Å². The standard InChI is InChI=1S/C60H40N2O/c1-2-10-39(11-3-1)40-18-20-41(21-19-40)42-22-29-47(30-23-42)61(48-31-24-43(25-32-48)45-28-35-53-52-14-6-9-17-58(52)63-59(53)38-45)49-33-26-44(27-34-49)46-36-54-50-12-4-7-15-56(50)62-57-16-8-5-13-51(57)55(37-46)60(54)62/h1-31,33-38,48H,32H2. The van der Waals surface area contributed by atoms with Gasteiger partial charge in [0.15, 0.2) is 0 Å². The number of hydrogen-bond donors (Lipinski definition) is 0. The quantitative estimate of drug-likeness (QED) is 0.160. The molecule has 3 nitrogen and oxygen atoms in total. The number of hydrogen-bond acceptors (Lipinski definition) is 2. The Morgan fingerprint density at radius 1 is 0.397 bits per heavy atom. The van der Waals surface area contributed by atoms with Crippen molar-refractivity contribution in [2.75, 3.05) is 4.90 Å². The van der Waals surface area contributed by atoms with E-state index in [0.29, 0.717) is 0 Å². The van der Waals surface area contributed by atoms with Crippen molar-refractivity contribution >= 4 is 77.0 Å². The van der Waals surface area contributed by atoms with E-state index in [2.05, 4.69) is 222 Å². The topological polar surface area (TPSA) is 20.8 Å². The Labute approximate surface area is 365 Å². The molecule has 0 saturated heterocycles. The van der Waals surface area contributed by atoms with Gasteiger partial charge in [0, 0.05) is 43.7 Å². The number of furan rings is 1. The lowest BCUT2D eigenvalue weighted by atomic mass is 9.94. The molecule has 3 heteroatoms. The molecule has 0 amide bonds. The number of benzene rings is 9. The summed E-state index contributed by atoms with van der Waals surface area (Å²) in [6.45, 7) is 0. The van der Waals surface area contributed by atoms with Gasteiger partial charge in [0.05, 0.1) is 22.6 Å². The van der Waals surface area contributed by atoms with Crippen LogP contribution in [0.2, 0.25) is 0 Å². The molecule has 1 atom stereocenters. The summed E-state index contributed by atoms with van der Waals surface area (Å²) in [4.78, 5) is 2.49. The SMILES string of the molecule is C1=CC(N(c2ccc(-c3ccc(-c4ccccc4)cc3)cc2)c2ccc(-c3cc4c5ccccc5n5c6ccccc6c(c3)c45)cc2)CC=C1c1ccc2c(c1)oc1ccccc12. The third-order valence-corrected chi connectivity index (χ3v) is 13.3. The summed E-state index contributed by atoms with van der Waals surface area (Å²) in [7, 11) is 0. The van der Waals surface area contributed by atoms with Crippen LogP contribution in [0.4, 0.5) is 11.4 Å². The number of rotatable bonds is 7. The van der Waals surface area contributed by atoms with Gasteiger partial charge in [0.2, 0.25) is 0 Å². The third-order valence-electron chi connectivity index (χ3n) is 13.3. The number of allylic oxidation sites excluding steroid dienone is 2. The van der Waals surface area contributed by atoms with Gasteiger partial charge in [-0.15, -0.1) is 0 Å². The van der Waals surface area contributed by atoms with Gasteiger partial charge in [0.25, 0.3) is 0 Å². The molecule has 0 N–H and O–H groups in total. The summed E-state index contributed by atoms with van der Waals surface area (Å²) in [6, 6.07) is 75.1. The summed E-state index contributed by atoms with van der Waals surface area (Å²) in [5.74, 6) is 0. The summed E-state index contributed by atoms with van der Waals surface area (Å²) in [5, 5.41) is 7.48.